The molecule has 17 heavy (non-hydrogen) atoms. The summed E-state index contributed by atoms with van der Waals surface area (Å²) in [4.78, 5) is 0. The Labute approximate surface area is 108 Å². The molecule has 1 aromatic rings. The molecule has 96 valence electrons. The standard InChI is InChI=1S/C9H12BrFN2O3S/c1-16-5-4-12-17(14,15)13-9-3-2-7(11)6-8(9)10/h2-3,6,12-13H,4-5H2,1H3. The summed E-state index contributed by atoms with van der Waals surface area (Å²) < 4.78 is 45.4. The second-order valence-electron chi connectivity index (χ2n) is 3.12. The number of hydrogen-bond acceptors (Lipinski definition) is 3. The summed E-state index contributed by atoms with van der Waals surface area (Å²) in [7, 11) is -2.20. The fraction of sp³-hybridized carbons (Fsp3) is 0.333. The summed E-state index contributed by atoms with van der Waals surface area (Å²) in [5.41, 5.74) is 0.260. The molecule has 5 nitrogen and oxygen atoms in total. The van der Waals surface area contributed by atoms with Crippen molar-refractivity contribution in [1.82, 2.24) is 4.72 Å². The van der Waals surface area contributed by atoms with E-state index >= 15 is 0 Å². The second kappa shape index (κ2) is 6.29. The molecule has 0 fully saturated rings. The summed E-state index contributed by atoms with van der Waals surface area (Å²) in [6, 6.07) is 3.67. The van der Waals surface area contributed by atoms with Crippen LogP contribution in [0, 0.1) is 5.82 Å². The van der Waals surface area contributed by atoms with Crippen molar-refractivity contribution < 1.29 is 17.5 Å². The molecule has 0 atom stereocenters. The molecule has 2 N–H and O–H groups in total. The molecule has 1 aromatic carbocycles. The SMILES string of the molecule is COCCNS(=O)(=O)Nc1ccc(F)cc1Br. The summed E-state index contributed by atoms with van der Waals surface area (Å²) in [6.45, 7) is 0.427. The third-order valence-electron chi connectivity index (χ3n) is 1.77. The van der Waals surface area contributed by atoms with Gasteiger partial charge in [0, 0.05) is 18.1 Å². The van der Waals surface area contributed by atoms with Crippen LogP contribution in [0.4, 0.5) is 10.1 Å². The highest BCUT2D eigenvalue weighted by Crippen LogP contribution is 2.23. The maximum atomic E-state index is 12.8. The first-order valence-electron chi connectivity index (χ1n) is 4.66. The van der Waals surface area contributed by atoms with Crippen LogP contribution in [0.1, 0.15) is 0 Å². The summed E-state index contributed by atoms with van der Waals surface area (Å²) in [5, 5.41) is 0. The maximum absolute atomic E-state index is 12.8. The summed E-state index contributed by atoms with van der Waals surface area (Å²) in [6.07, 6.45) is 0. The fourth-order valence-electron chi connectivity index (χ4n) is 1.03. The molecule has 0 spiro atoms. The van der Waals surface area contributed by atoms with Gasteiger partial charge in [-0.05, 0) is 34.1 Å². The van der Waals surface area contributed by atoms with E-state index < -0.39 is 16.0 Å². The largest absolute Gasteiger partial charge is 0.383 e. The normalized spacial score (nSPS) is 11.5. The van der Waals surface area contributed by atoms with Gasteiger partial charge in [-0.1, -0.05) is 0 Å². The van der Waals surface area contributed by atoms with Gasteiger partial charge in [-0.15, -0.1) is 0 Å². The van der Waals surface area contributed by atoms with Gasteiger partial charge in [-0.2, -0.15) is 13.1 Å². The lowest BCUT2D eigenvalue weighted by Gasteiger charge is -2.10. The first kappa shape index (κ1) is 14.4. The van der Waals surface area contributed by atoms with Crippen molar-refractivity contribution in [3.05, 3.63) is 28.5 Å². The molecule has 0 unspecified atom stereocenters. The van der Waals surface area contributed by atoms with E-state index in [0.717, 1.165) is 6.07 Å². The first-order chi connectivity index (χ1) is 7.94. The van der Waals surface area contributed by atoms with Gasteiger partial charge in [0.15, 0.2) is 0 Å². The highest BCUT2D eigenvalue weighted by Gasteiger charge is 2.11. The Morgan fingerprint density at radius 2 is 2.18 bits per heavy atom. The van der Waals surface area contributed by atoms with E-state index in [4.69, 9.17) is 4.74 Å². The van der Waals surface area contributed by atoms with Crippen LogP contribution in [-0.2, 0) is 14.9 Å². The van der Waals surface area contributed by atoms with E-state index in [2.05, 4.69) is 25.4 Å². The molecule has 0 aliphatic carbocycles. The van der Waals surface area contributed by atoms with Gasteiger partial charge in [-0.3, -0.25) is 4.72 Å². The molecule has 0 aliphatic heterocycles. The predicted molar refractivity (Wildman–Crippen MR) is 66.5 cm³/mol. The number of nitrogens with one attached hydrogen (secondary N) is 2. The molecule has 0 aromatic heterocycles. The fourth-order valence-corrected chi connectivity index (χ4v) is 2.50. The zero-order chi connectivity index (χ0) is 12.9. The number of methoxy groups -OCH3 is 1. The average molecular weight is 327 g/mol. The monoisotopic (exact) mass is 326 g/mol. The van der Waals surface area contributed by atoms with Crippen molar-refractivity contribution in [2.75, 3.05) is 25.0 Å². The molecule has 1 rings (SSSR count). The highest BCUT2D eigenvalue weighted by atomic mass is 79.9. The van der Waals surface area contributed by atoms with Gasteiger partial charge in [-0.25, -0.2) is 4.39 Å². The van der Waals surface area contributed by atoms with Crippen LogP contribution in [0.3, 0.4) is 0 Å². The molecule has 0 saturated heterocycles. The van der Waals surface area contributed by atoms with E-state index in [1.807, 2.05) is 0 Å². The van der Waals surface area contributed by atoms with Crippen LogP contribution in [0.2, 0.25) is 0 Å². The summed E-state index contributed by atoms with van der Waals surface area (Å²) in [5.74, 6) is -0.452. The third kappa shape index (κ3) is 4.99. The number of ether oxygens (including phenoxy) is 1. The second-order valence-corrected chi connectivity index (χ2v) is 5.47. The van der Waals surface area contributed by atoms with Crippen LogP contribution < -0.4 is 9.44 Å². The maximum Gasteiger partial charge on any atom is 0.299 e. The van der Waals surface area contributed by atoms with Crippen molar-refractivity contribution in [3.8, 4) is 0 Å². The minimum Gasteiger partial charge on any atom is -0.383 e. The van der Waals surface area contributed by atoms with Gasteiger partial charge >= 0.3 is 0 Å². The Morgan fingerprint density at radius 3 is 2.76 bits per heavy atom. The van der Waals surface area contributed by atoms with Gasteiger partial charge in [0.1, 0.15) is 5.82 Å². The lowest BCUT2D eigenvalue weighted by atomic mass is 10.3. The quantitative estimate of drug-likeness (QED) is 0.778. The minimum absolute atomic E-state index is 0.157. The zero-order valence-corrected chi connectivity index (χ0v) is 11.4. The lowest BCUT2D eigenvalue weighted by molar-refractivity contribution is 0.204. The number of rotatable bonds is 6. The topological polar surface area (TPSA) is 67.4 Å². The van der Waals surface area contributed by atoms with Crippen LogP contribution in [0.15, 0.2) is 22.7 Å². The van der Waals surface area contributed by atoms with E-state index in [9.17, 15) is 12.8 Å². The van der Waals surface area contributed by atoms with Crippen LogP contribution in [-0.4, -0.2) is 28.7 Å². The van der Waals surface area contributed by atoms with E-state index in [1.165, 1.54) is 19.2 Å². The number of benzene rings is 1. The molecule has 0 radical (unpaired) electrons. The molecular weight excluding hydrogens is 315 g/mol. The molecule has 0 aliphatic rings. The van der Waals surface area contributed by atoms with Crippen molar-refractivity contribution >= 4 is 31.8 Å². The Kier molecular flexibility index (Phi) is 5.31. The van der Waals surface area contributed by atoms with E-state index in [-0.39, 0.29) is 18.8 Å². The molecule has 8 heteroatoms. The number of anilines is 1. The molecule has 0 bridgehead atoms. The van der Waals surface area contributed by atoms with Crippen LogP contribution in [0.5, 0.6) is 0 Å². The van der Waals surface area contributed by atoms with Gasteiger partial charge in [0.25, 0.3) is 10.2 Å². The Morgan fingerprint density at radius 1 is 1.47 bits per heavy atom. The lowest BCUT2D eigenvalue weighted by Crippen LogP contribution is -2.32. The molecular formula is C9H12BrFN2O3S. The van der Waals surface area contributed by atoms with Crippen molar-refractivity contribution in [3.63, 3.8) is 0 Å². The van der Waals surface area contributed by atoms with Crippen molar-refractivity contribution in [2.24, 2.45) is 0 Å². The summed E-state index contributed by atoms with van der Waals surface area (Å²) >= 11 is 3.06. The number of halogens is 2. The Balaban J connectivity index is 2.69. The average Bonchev–Trinajstić information content (AvgIpc) is 2.22. The third-order valence-corrected chi connectivity index (χ3v) is 3.50. The Hall–Kier alpha value is -0.700. The van der Waals surface area contributed by atoms with E-state index in [0.29, 0.717) is 4.47 Å². The van der Waals surface area contributed by atoms with Crippen LogP contribution in [0.25, 0.3) is 0 Å². The van der Waals surface area contributed by atoms with Crippen molar-refractivity contribution in [2.45, 2.75) is 0 Å². The van der Waals surface area contributed by atoms with Gasteiger partial charge in [0.05, 0.1) is 12.3 Å². The number of hydrogen-bond donors (Lipinski definition) is 2. The van der Waals surface area contributed by atoms with E-state index in [1.54, 1.807) is 0 Å². The predicted octanol–water partition coefficient (Wildman–Crippen LogP) is 1.48. The van der Waals surface area contributed by atoms with Crippen molar-refractivity contribution in [1.29, 1.82) is 0 Å². The highest BCUT2D eigenvalue weighted by molar-refractivity contribution is 9.10. The molecule has 0 saturated carbocycles. The van der Waals surface area contributed by atoms with Crippen LogP contribution >= 0.6 is 15.9 Å². The zero-order valence-electron chi connectivity index (χ0n) is 9.04. The molecule has 0 heterocycles. The Bertz CT molecular complexity index is 481. The van der Waals surface area contributed by atoms with Gasteiger partial charge < -0.3 is 4.74 Å². The molecule has 0 amide bonds. The smallest absolute Gasteiger partial charge is 0.299 e. The first-order valence-corrected chi connectivity index (χ1v) is 6.93. The minimum atomic E-state index is -3.67. The van der Waals surface area contributed by atoms with Gasteiger partial charge in [0.2, 0.25) is 0 Å².